The van der Waals surface area contributed by atoms with Gasteiger partial charge in [0.25, 0.3) is 5.91 Å². The summed E-state index contributed by atoms with van der Waals surface area (Å²) in [4.78, 5) is 11.9. The standard InChI is InChI=1S/C14H19ClN2O2.C2H2/c1-9(15)3-4-12-8-17-14(18)13(19-12)11-5-6-16-10(2)7-11;1-2/h3-4,10,16H,5-8H2,1-2H3,(H,17,18);1-2H/b9-3+,12-4+,13-11-;. The quantitative estimate of drug-likeness (QED) is 0.578. The fraction of sp³-hybridized carbons (Fsp3) is 0.438. The van der Waals surface area contributed by atoms with E-state index in [2.05, 4.69) is 30.4 Å². The summed E-state index contributed by atoms with van der Waals surface area (Å²) in [5.74, 6) is 1.06. The number of hydrogen-bond acceptors (Lipinski definition) is 3. The lowest BCUT2D eigenvalue weighted by Crippen LogP contribution is -2.38. The van der Waals surface area contributed by atoms with Crippen LogP contribution in [0.1, 0.15) is 26.7 Å². The van der Waals surface area contributed by atoms with E-state index in [9.17, 15) is 4.79 Å². The lowest BCUT2D eigenvalue weighted by atomic mass is 9.98. The van der Waals surface area contributed by atoms with Crippen molar-refractivity contribution in [2.45, 2.75) is 32.7 Å². The molecule has 2 fully saturated rings. The second-order valence-corrected chi connectivity index (χ2v) is 5.51. The van der Waals surface area contributed by atoms with Crippen molar-refractivity contribution in [2.24, 2.45) is 0 Å². The topological polar surface area (TPSA) is 50.4 Å². The van der Waals surface area contributed by atoms with Crippen LogP contribution in [-0.2, 0) is 9.53 Å². The number of allylic oxidation sites excluding steroid dienone is 3. The number of amides is 1. The maximum atomic E-state index is 11.9. The highest BCUT2D eigenvalue weighted by atomic mass is 35.5. The normalized spacial score (nSPS) is 28.2. The molecular weight excluding hydrogens is 288 g/mol. The predicted molar refractivity (Wildman–Crippen MR) is 85.4 cm³/mol. The molecule has 21 heavy (non-hydrogen) atoms. The fourth-order valence-electron chi connectivity index (χ4n) is 2.21. The average molecular weight is 309 g/mol. The Balaban J connectivity index is 0.00000106. The van der Waals surface area contributed by atoms with E-state index in [1.54, 1.807) is 19.1 Å². The smallest absolute Gasteiger partial charge is 0.287 e. The molecule has 0 aromatic rings. The van der Waals surface area contributed by atoms with Gasteiger partial charge in [-0.1, -0.05) is 11.6 Å². The minimum absolute atomic E-state index is 0.118. The molecule has 114 valence electrons. The lowest BCUT2D eigenvalue weighted by Gasteiger charge is -2.27. The number of terminal acetylenes is 1. The summed E-state index contributed by atoms with van der Waals surface area (Å²) in [5, 5.41) is 6.87. The molecule has 1 unspecified atom stereocenters. The van der Waals surface area contributed by atoms with E-state index in [1.165, 1.54) is 0 Å². The van der Waals surface area contributed by atoms with Gasteiger partial charge < -0.3 is 15.4 Å². The number of morpholine rings is 1. The van der Waals surface area contributed by atoms with Gasteiger partial charge in [-0.15, -0.1) is 12.8 Å². The van der Waals surface area contributed by atoms with Crippen LogP contribution in [0.25, 0.3) is 0 Å². The number of nitrogens with one attached hydrogen (secondary N) is 2. The summed E-state index contributed by atoms with van der Waals surface area (Å²) in [5.41, 5.74) is 1.08. The molecule has 0 aliphatic carbocycles. The maximum Gasteiger partial charge on any atom is 0.287 e. The molecule has 0 saturated carbocycles. The van der Waals surface area contributed by atoms with E-state index in [-0.39, 0.29) is 5.91 Å². The largest absolute Gasteiger partial charge is 0.454 e. The zero-order chi connectivity index (χ0) is 15.8. The third kappa shape index (κ3) is 5.30. The van der Waals surface area contributed by atoms with Gasteiger partial charge in [-0.05, 0) is 51.0 Å². The molecule has 2 N–H and O–H groups in total. The zero-order valence-electron chi connectivity index (χ0n) is 12.4. The second kappa shape index (κ2) is 8.56. The fourth-order valence-corrected chi connectivity index (χ4v) is 2.28. The van der Waals surface area contributed by atoms with Crippen LogP contribution in [-0.4, -0.2) is 25.0 Å². The summed E-state index contributed by atoms with van der Waals surface area (Å²) in [6.07, 6.45) is 13.3. The third-order valence-corrected chi connectivity index (χ3v) is 3.28. The highest BCUT2D eigenvalue weighted by molar-refractivity contribution is 6.29. The SMILES string of the molecule is C#C.C/C(Cl)=C\C=C1/CNC(=O)/C(=C2\CCNC(C)C2)O1. The monoisotopic (exact) mass is 308 g/mol. The van der Waals surface area contributed by atoms with E-state index in [0.29, 0.717) is 29.1 Å². The Bertz CT molecular complexity index is 500. The number of hydrogen-bond donors (Lipinski definition) is 2. The van der Waals surface area contributed by atoms with Gasteiger partial charge in [0, 0.05) is 11.1 Å². The zero-order valence-corrected chi connectivity index (χ0v) is 13.2. The molecule has 5 heteroatoms. The summed E-state index contributed by atoms with van der Waals surface area (Å²) in [6, 6.07) is 0.381. The Kier molecular flexibility index (Phi) is 7.07. The Hall–Kier alpha value is -1.70. The molecule has 4 nitrogen and oxygen atoms in total. The van der Waals surface area contributed by atoms with Gasteiger partial charge in [0.2, 0.25) is 0 Å². The van der Waals surface area contributed by atoms with Crippen molar-refractivity contribution in [3.63, 3.8) is 0 Å². The van der Waals surface area contributed by atoms with Crippen LogP contribution in [0.5, 0.6) is 0 Å². The van der Waals surface area contributed by atoms with Gasteiger partial charge in [0.15, 0.2) is 5.76 Å². The molecular formula is C16H21ClN2O2. The minimum atomic E-state index is -0.118. The van der Waals surface area contributed by atoms with Gasteiger partial charge in [0.05, 0.1) is 6.54 Å². The number of rotatable bonds is 1. The Morgan fingerprint density at radius 2 is 2.19 bits per heavy atom. The van der Waals surface area contributed by atoms with Crippen LogP contribution in [0, 0.1) is 12.8 Å². The summed E-state index contributed by atoms with van der Waals surface area (Å²) in [6.45, 7) is 5.20. The van der Waals surface area contributed by atoms with Gasteiger partial charge in [-0.25, -0.2) is 0 Å². The minimum Gasteiger partial charge on any atom is -0.454 e. The molecule has 0 spiro atoms. The number of ether oxygens (including phenoxy) is 1. The Morgan fingerprint density at radius 3 is 2.81 bits per heavy atom. The Labute approximate surface area is 131 Å². The molecule has 2 heterocycles. The summed E-state index contributed by atoms with van der Waals surface area (Å²) in [7, 11) is 0. The van der Waals surface area contributed by atoms with E-state index < -0.39 is 0 Å². The molecule has 0 aromatic heterocycles. The number of piperidine rings is 1. The van der Waals surface area contributed by atoms with E-state index in [0.717, 1.165) is 25.0 Å². The van der Waals surface area contributed by atoms with Gasteiger partial charge in [-0.3, -0.25) is 4.79 Å². The van der Waals surface area contributed by atoms with Crippen molar-refractivity contribution in [2.75, 3.05) is 13.1 Å². The van der Waals surface area contributed by atoms with E-state index in [4.69, 9.17) is 16.3 Å². The first-order valence-corrected chi connectivity index (χ1v) is 7.22. The van der Waals surface area contributed by atoms with Crippen molar-refractivity contribution < 1.29 is 9.53 Å². The molecule has 0 radical (unpaired) electrons. The lowest BCUT2D eigenvalue weighted by molar-refractivity contribution is -0.122. The van der Waals surface area contributed by atoms with Crippen LogP contribution in [0.3, 0.4) is 0 Å². The molecule has 2 aliphatic rings. The molecule has 1 amide bonds. The molecule has 1 atom stereocenters. The number of carbonyl (C=O) groups excluding carboxylic acids is 1. The highest BCUT2D eigenvalue weighted by Gasteiger charge is 2.26. The maximum absolute atomic E-state index is 11.9. The molecule has 0 bridgehead atoms. The van der Waals surface area contributed by atoms with Crippen LogP contribution in [0.2, 0.25) is 0 Å². The van der Waals surface area contributed by atoms with Crippen LogP contribution in [0.4, 0.5) is 0 Å². The molecule has 2 rings (SSSR count). The van der Waals surface area contributed by atoms with Crippen molar-refractivity contribution >= 4 is 17.5 Å². The average Bonchev–Trinajstić information content (AvgIpc) is 2.48. The van der Waals surface area contributed by atoms with Gasteiger partial charge in [0.1, 0.15) is 5.76 Å². The van der Waals surface area contributed by atoms with Crippen molar-refractivity contribution in [1.29, 1.82) is 0 Å². The number of carbonyl (C=O) groups is 1. The summed E-state index contributed by atoms with van der Waals surface area (Å²) >= 11 is 5.78. The molecule has 0 aromatic carbocycles. The third-order valence-electron chi connectivity index (χ3n) is 3.15. The first kappa shape index (κ1) is 17.4. The van der Waals surface area contributed by atoms with Crippen molar-refractivity contribution in [3.05, 3.63) is 34.3 Å². The predicted octanol–water partition coefficient (Wildman–Crippen LogP) is 2.43. The van der Waals surface area contributed by atoms with Crippen LogP contribution in [0.15, 0.2) is 34.3 Å². The first-order valence-electron chi connectivity index (χ1n) is 6.84. The van der Waals surface area contributed by atoms with Crippen molar-refractivity contribution in [1.82, 2.24) is 10.6 Å². The number of halogens is 1. The van der Waals surface area contributed by atoms with E-state index in [1.807, 2.05) is 0 Å². The highest BCUT2D eigenvalue weighted by Crippen LogP contribution is 2.24. The summed E-state index contributed by atoms with van der Waals surface area (Å²) < 4.78 is 5.73. The van der Waals surface area contributed by atoms with Crippen molar-refractivity contribution in [3.8, 4) is 12.8 Å². The molecule has 2 aliphatic heterocycles. The first-order chi connectivity index (χ1) is 10.1. The van der Waals surface area contributed by atoms with Crippen LogP contribution < -0.4 is 10.6 Å². The second-order valence-electron chi connectivity index (χ2n) is 4.91. The van der Waals surface area contributed by atoms with Gasteiger partial charge >= 0.3 is 0 Å². The van der Waals surface area contributed by atoms with Gasteiger partial charge in [-0.2, -0.15) is 0 Å². The Morgan fingerprint density at radius 1 is 1.48 bits per heavy atom. The van der Waals surface area contributed by atoms with Crippen LogP contribution >= 0.6 is 11.6 Å². The van der Waals surface area contributed by atoms with E-state index >= 15 is 0 Å². The molecule has 2 saturated heterocycles.